The van der Waals surface area contributed by atoms with Crippen molar-refractivity contribution in [3.63, 3.8) is 0 Å². The third kappa shape index (κ3) is 3.52. The van der Waals surface area contributed by atoms with Crippen molar-refractivity contribution in [3.05, 3.63) is 34.1 Å². The van der Waals surface area contributed by atoms with Gasteiger partial charge in [0.25, 0.3) is 0 Å². The summed E-state index contributed by atoms with van der Waals surface area (Å²) in [6, 6.07) is 5.74. The molecular weight excluding hydrogens is 281 g/mol. The van der Waals surface area contributed by atoms with E-state index >= 15 is 0 Å². The summed E-state index contributed by atoms with van der Waals surface area (Å²) >= 11 is 3.27. The van der Waals surface area contributed by atoms with Gasteiger partial charge in [-0.15, -0.1) is 0 Å². The first-order valence-corrected chi connectivity index (χ1v) is 7.13. The van der Waals surface area contributed by atoms with Crippen LogP contribution in [0.15, 0.2) is 22.7 Å². The first-order valence-electron chi connectivity index (χ1n) is 6.34. The van der Waals surface area contributed by atoms with Gasteiger partial charge in [0.1, 0.15) is 5.82 Å². The maximum absolute atomic E-state index is 13.6. The Hall–Kier alpha value is -0.410. The first-order chi connectivity index (χ1) is 8.16. The van der Waals surface area contributed by atoms with Gasteiger partial charge in [0.05, 0.1) is 0 Å². The molecule has 0 aliphatic heterocycles. The molecule has 1 nitrogen and oxygen atoms in total. The fraction of sp³-hybridized carbons (Fsp3) is 0.571. The van der Waals surface area contributed by atoms with Crippen molar-refractivity contribution in [1.82, 2.24) is 5.32 Å². The summed E-state index contributed by atoms with van der Waals surface area (Å²) in [4.78, 5) is 0. The van der Waals surface area contributed by atoms with Crippen LogP contribution in [0.1, 0.15) is 38.2 Å². The summed E-state index contributed by atoms with van der Waals surface area (Å²) in [5.74, 6) is 0.638. The highest BCUT2D eigenvalue weighted by molar-refractivity contribution is 9.10. The number of rotatable bonds is 4. The average Bonchev–Trinajstić information content (AvgIpc) is 2.81. The molecule has 0 saturated heterocycles. The van der Waals surface area contributed by atoms with E-state index in [1.54, 1.807) is 0 Å². The summed E-state index contributed by atoms with van der Waals surface area (Å²) in [7, 11) is 0. The second kappa shape index (κ2) is 5.96. The normalized spacial score (nSPS) is 18.5. The monoisotopic (exact) mass is 299 g/mol. The summed E-state index contributed by atoms with van der Waals surface area (Å²) in [6.07, 6.45) is 5.33. The fourth-order valence-electron chi connectivity index (χ4n) is 2.56. The zero-order valence-corrected chi connectivity index (χ0v) is 11.8. The van der Waals surface area contributed by atoms with Gasteiger partial charge in [-0.05, 0) is 37.8 Å². The number of nitrogens with one attached hydrogen (secondary N) is 1. The molecule has 1 fully saturated rings. The Bertz CT molecular complexity index is 374. The SMILES string of the molecule is CC(NCc1ccc(Br)cc1F)C1CCCC1. The van der Waals surface area contributed by atoms with Gasteiger partial charge < -0.3 is 5.32 Å². The maximum Gasteiger partial charge on any atom is 0.128 e. The molecule has 0 bridgehead atoms. The second-order valence-corrected chi connectivity index (χ2v) is 5.87. The van der Waals surface area contributed by atoms with Gasteiger partial charge in [-0.2, -0.15) is 0 Å². The largest absolute Gasteiger partial charge is 0.310 e. The molecule has 1 atom stereocenters. The standard InChI is InChI=1S/C14H19BrFN/c1-10(11-4-2-3-5-11)17-9-12-6-7-13(15)8-14(12)16/h6-8,10-11,17H,2-5,9H2,1H3. The van der Waals surface area contributed by atoms with Gasteiger partial charge in [-0.1, -0.05) is 34.8 Å². The van der Waals surface area contributed by atoms with Crippen LogP contribution in [0, 0.1) is 11.7 Å². The van der Waals surface area contributed by atoms with Crippen LogP contribution >= 0.6 is 15.9 Å². The Balaban J connectivity index is 1.88. The van der Waals surface area contributed by atoms with Crippen LogP contribution in [0.25, 0.3) is 0 Å². The molecule has 1 aliphatic rings. The van der Waals surface area contributed by atoms with Gasteiger partial charge in [-0.3, -0.25) is 0 Å². The summed E-state index contributed by atoms with van der Waals surface area (Å²) in [5.41, 5.74) is 0.748. The van der Waals surface area contributed by atoms with E-state index in [1.807, 2.05) is 12.1 Å². The van der Waals surface area contributed by atoms with Crippen molar-refractivity contribution in [2.24, 2.45) is 5.92 Å². The van der Waals surface area contributed by atoms with Crippen molar-refractivity contribution < 1.29 is 4.39 Å². The van der Waals surface area contributed by atoms with Crippen LogP contribution in [0.3, 0.4) is 0 Å². The van der Waals surface area contributed by atoms with E-state index in [-0.39, 0.29) is 5.82 Å². The molecule has 17 heavy (non-hydrogen) atoms. The lowest BCUT2D eigenvalue weighted by molar-refractivity contribution is 0.378. The molecule has 1 N–H and O–H groups in total. The quantitative estimate of drug-likeness (QED) is 0.876. The van der Waals surface area contributed by atoms with E-state index in [4.69, 9.17) is 0 Å². The van der Waals surface area contributed by atoms with Crippen LogP contribution in [0.4, 0.5) is 4.39 Å². The molecule has 94 valence electrons. The van der Waals surface area contributed by atoms with Gasteiger partial charge in [-0.25, -0.2) is 4.39 Å². The summed E-state index contributed by atoms with van der Waals surface area (Å²) < 4.78 is 14.4. The molecule has 0 spiro atoms. The highest BCUT2D eigenvalue weighted by Crippen LogP contribution is 2.27. The fourth-order valence-corrected chi connectivity index (χ4v) is 2.89. The third-order valence-corrected chi connectivity index (χ3v) is 4.23. The van der Waals surface area contributed by atoms with Crippen LogP contribution in [-0.4, -0.2) is 6.04 Å². The van der Waals surface area contributed by atoms with Crippen molar-refractivity contribution in [3.8, 4) is 0 Å². The molecule has 0 amide bonds. The first kappa shape index (κ1) is 13.0. The van der Waals surface area contributed by atoms with Crippen molar-refractivity contribution in [1.29, 1.82) is 0 Å². The minimum absolute atomic E-state index is 0.134. The smallest absolute Gasteiger partial charge is 0.128 e. The predicted molar refractivity (Wildman–Crippen MR) is 72.4 cm³/mol. The average molecular weight is 300 g/mol. The lowest BCUT2D eigenvalue weighted by Crippen LogP contribution is -2.32. The Morgan fingerprint density at radius 3 is 2.76 bits per heavy atom. The van der Waals surface area contributed by atoms with E-state index in [0.29, 0.717) is 12.6 Å². The summed E-state index contributed by atoms with van der Waals surface area (Å²) in [6.45, 7) is 2.84. The highest BCUT2D eigenvalue weighted by atomic mass is 79.9. The van der Waals surface area contributed by atoms with E-state index in [2.05, 4.69) is 28.2 Å². The number of halogens is 2. The van der Waals surface area contributed by atoms with Gasteiger partial charge in [0.2, 0.25) is 0 Å². The molecule has 2 rings (SSSR count). The van der Waals surface area contributed by atoms with Gasteiger partial charge >= 0.3 is 0 Å². The number of hydrogen-bond acceptors (Lipinski definition) is 1. The van der Waals surface area contributed by atoms with E-state index in [9.17, 15) is 4.39 Å². The number of benzene rings is 1. The zero-order valence-electron chi connectivity index (χ0n) is 10.2. The highest BCUT2D eigenvalue weighted by Gasteiger charge is 2.21. The molecule has 0 aromatic heterocycles. The predicted octanol–water partition coefficient (Wildman–Crippen LogP) is 4.26. The second-order valence-electron chi connectivity index (χ2n) is 4.95. The molecule has 0 heterocycles. The van der Waals surface area contributed by atoms with Gasteiger partial charge in [0.15, 0.2) is 0 Å². The maximum atomic E-state index is 13.6. The summed E-state index contributed by atoms with van der Waals surface area (Å²) in [5, 5.41) is 3.45. The zero-order chi connectivity index (χ0) is 12.3. The minimum atomic E-state index is -0.134. The Morgan fingerprint density at radius 1 is 1.41 bits per heavy atom. The third-order valence-electron chi connectivity index (χ3n) is 3.74. The van der Waals surface area contributed by atoms with Crippen molar-refractivity contribution in [2.45, 2.75) is 45.2 Å². The molecule has 1 aliphatic carbocycles. The molecule has 1 aromatic carbocycles. The van der Waals surface area contributed by atoms with Crippen LogP contribution in [0.2, 0.25) is 0 Å². The molecular formula is C14H19BrFN. The van der Waals surface area contributed by atoms with Gasteiger partial charge in [0, 0.05) is 22.6 Å². The molecule has 1 saturated carbocycles. The molecule has 1 aromatic rings. The minimum Gasteiger partial charge on any atom is -0.310 e. The van der Waals surface area contributed by atoms with Crippen molar-refractivity contribution in [2.75, 3.05) is 0 Å². The molecule has 0 radical (unpaired) electrons. The van der Waals surface area contributed by atoms with Crippen LogP contribution in [-0.2, 0) is 6.54 Å². The lowest BCUT2D eigenvalue weighted by atomic mass is 9.99. The molecule has 1 unspecified atom stereocenters. The van der Waals surface area contributed by atoms with Crippen LogP contribution < -0.4 is 5.32 Å². The Kier molecular flexibility index (Phi) is 4.57. The molecule has 3 heteroatoms. The van der Waals surface area contributed by atoms with E-state index in [1.165, 1.54) is 31.7 Å². The van der Waals surface area contributed by atoms with Crippen molar-refractivity contribution >= 4 is 15.9 Å². The Labute approximate surface area is 111 Å². The van der Waals surface area contributed by atoms with E-state index in [0.717, 1.165) is 16.0 Å². The Morgan fingerprint density at radius 2 is 2.12 bits per heavy atom. The lowest BCUT2D eigenvalue weighted by Gasteiger charge is -2.20. The number of hydrogen-bond donors (Lipinski definition) is 1. The van der Waals surface area contributed by atoms with Crippen LogP contribution in [0.5, 0.6) is 0 Å². The topological polar surface area (TPSA) is 12.0 Å². The van der Waals surface area contributed by atoms with E-state index < -0.39 is 0 Å².